The number of furan rings is 1. The number of hydrogen-bond donors (Lipinski definition) is 1. The fourth-order valence-electron chi connectivity index (χ4n) is 2.88. The quantitative estimate of drug-likeness (QED) is 0.926. The van der Waals surface area contributed by atoms with Gasteiger partial charge in [0.05, 0.1) is 0 Å². The molecule has 106 valence electrons. The van der Waals surface area contributed by atoms with E-state index in [9.17, 15) is 4.79 Å². The maximum Gasteiger partial charge on any atom is 0.290 e. The SMILES string of the molecule is Cc1c(C(=O)N2CCC[C@@H]2CN)oc2ccc(Cl)cc12. The Balaban J connectivity index is 2.01. The number of carbonyl (C=O) groups is 1. The van der Waals surface area contributed by atoms with Crippen LogP contribution in [0.4, 0.5) is 0 Å². The van der Waals surface area contributed by atoms with Crippen molar-refractivity contribution in [2.24, 2.45) is 5.73 Å². The molecule has 20 heavy (non-hydrogen) atoms. The van der Waals surface area contributed by atoms with E-state index in [2.05, 4.69) is 0 Å². The molecule has 2 heterocycles. The zero-order valence-electron chi connectivity index (χ0n) is 11.4. The van der Waals surface area contributed by atoms with Gasteiger partial charge in [0, 0.05) is 35.1 Å². The van der Waals surface area contributed by atoms with Crippen molar-refractivity contribution >= 4 is 28.5 Å². The monoisotopic (exact) mass is 292 g/mol. The second-order valence-corrected chi connectivity index (χ2v) is 5.66. The molecule has 0 radical (unpaired) electrons. The van der Waals surface area contributed by atoms with Crippen LogP contribution in [0.25, 0.3) is 11.0 Å². The van der Waals surface area contributed by atoms with E-state index in [4.69, 9.17) is 21.8 Å². The van der Waals surface area contributed by atoms with Crippen LogP contribution < -0.4 is 5.73 Å². The number of carbonyl (C=O) groups excluding carboxylic acids is 1. The van der Waals surface area contributed by atoms with Crippen molar-refractivity contribution in [2.45, 2.75) is 25.8 Å². The van der Waals surface area contributed by atoms with Crippen LogP contribution in [0.5, 0.6) is 0 Å². The molecule has 0 spiro atoms. The average Bonchev–Trinajstić information content (AvgIpc) is 3.03. The Morgan fingerprint density at radius 3 is 3.10 bits per heavy atom. The van der Waals surface area contributed by atoms with E-state index in [-0.39, 0.29) is 11.9 Å². The number of amides is 1. The van der Waals surface area contributed by atoms with E-state index >= 15 is 0 Å². The molecule has 1 aromatic heterocycles. The molecule has 2 N–H and O–H groups in total. The molecule has 1 saturated heterocycles. The first-order chi connectivity index (χ1) is 9.61. The predicted molar refractivity (Wildman–Crippen MR) is 79.1 cm³/mol. The summed E-state index contributed by atoms with van der Waals surface area (Å²) in [4.78, 5) is 14.5. The maximum atomic E-state index is 12.6. The Kier molecular flexibility index (Phi) is 3.44. The van der Waals surface area contributed by atoms with Crippen LogP contribution in [0, 0.1) is 6.92 Å². The van der Waals surface area contributed by atoms with Crippen molar-refractivity contribution in [2.75, 3.05) is 13.1 Å². The Morgan fingerprint density at radius 1 is 1.55 bits per heavy atom. The Labute approximate surface area is 122 Å². The number of nitrogens with zero attached hydrogens (tertiary/aromatic N) is 1. The molecule has 1 atom stereocenters. The van der Waals surface area contributed by atoms with Gasteiger partial charge < -0.3 is 15.1 Å². The van der Waals surface area contributed by atoms with E-state index in [1.165, 1.54) is 0 Å². The molecule has 4 nitrogen and oxygen atoms in total. The third-order valence-corrected chi connectivity index (χ3v) is 4.24. The molecular formula is C15H17ClN2O2. The highest BCUT2D eigenvalue weighted by Gasteiger charge is 2.31. The number of benzene rings is 1. The third-order valence-electron chi connectivity index (χ3n) is 4.00. The van der Waals surface area contributed by atoms with Crippen LogP contribution in [0.2, 0.25) is 5.02 Å². The minimum absolute atomic E-state index is 0.0669. The molecule has 1 fully saturated rings. The summed E-state index contributed by atoms with van der Waals surface area (Å²) in [6, 6.07) is 5.52. The smallest absolute Gasteiger partial charge is 0.290 e. The molecule has 1 aromatic carbocycles. The van der Waals surface area contributed by atoms with Crippen LogP contribution in [-0.2, 0) is 0 Å². The molecule has 5 heteroatoms. The fraction of sp³-hybridized carbons (Fsp3) is 0.400. The first-order valence-electron chi connectivity index (χ1n) is 6.81. The molecule has 0 aliphatic carbocycles. The first-order valence-corrected chi connectivity index (χ1v) is 7.19. The molecule has 1 amide bonds. The van der Waals surface area contributed by atoms with E-state index in [1.54, 1.807) is 12.1 Å². The topological polar surface area (TPSA) is 59.5 Å². The van der Waals surface area contributed by atoms with Crippen LogP contribution in [0.1, 0.15) is 29.0 Å². The summed E-state index contributed by atoms with van der Waals surface area (Å²) in [5.41, 5.74) is 7.27. The van der Waals surface area contributed by atoms with Gasteiger partial charge in [-0.3, -0.25) is 4.79 Å². The molecule has 3 rings (SSSR count). The van der Waals surface area contributed by atoms with Crippen LogP contribution in [-0.4, -0.2) is 29.9 Å². The summed E-state index contributed by atoms with van der Waals surface area (Å²) >= 11 is 6.00. The van der Waals surface area contributed by atoms with Crippen molar-refractivity contribution in [3.05, 3.63) is 34.5 Å². The van der Waals surface area contributed by atoms with E-state index in [0.29, 0.717) is 22.9 Å². The maximum absolute atomic E-state index is 12.6. The number of fused-ring (bicyclic) bond motifs is 1. The molecule has 2 aromatic rings. The summed E-state index contributed by atoms with van der Waals surface area (Å²) in [7, 11) is 0. The van der Waals surface area contributed by atoms with Crippen LogP contribution in [0.3, 0.4) is 0 Å². The predicted octanol–water partition coefficient (Wildman–Crippen LogP) is 2.96. The molecule has 1 aliphatic rings. The number of hydrogen-bond acceptors (Lipinski definition) is 3. The third kappa shape index (κ3) is 2.09. The van der Waals surface area contributed by atoms with Crippen molar-refractivity contribution in [1.29, 1.82) is 0 Å². The molecule has 0 saturated carbocycles. The minimum Gasteiger partial charge on any atom is -0.451 e. The first kappa shape index (κ1) is 13.5. The number of rotatable bonds is 2. The summed E-state index contributed by atoms with van der Waals surface area (Å²) in [5, 5.41) is 1.53. The van der Waals surface area contributed by atoms with Gasteiger partial charge in [0.25, 0.3) is 5.91 Å². The number of nitrogens with two attached hydrogens (primary N) is 1. The molecule has 0 bridgehead atoms. The Bertz CT molecular complexity index is 665. The van der Waals surface area contributed by atoms with E-state index in [1.807, 2.05) is 17.9 Å². The van der Waals surface area contributed by atoms with Crippen LogP contribution >= 0.6 is 11.6 Å². The van der Waals surface area contributed by atoms with Crippen molar-refractivity contribution in [3.8, 4) is 0 Å². The van der Waals surface area contributed by atoms with Gasteiger partial charge in [-0.15, -0.1) is 0 Å². The van der Waals surface area contributed by atoms with Gasteiger partial charge in [0.2, 0.25) is 0 Å². The number of likely N-dealkylation sites (tertiary alicyclic amines) is 1. The number of aryl methyl sites for hydroxylation is 1. The fourth-order valence-corrected chi connectivity index (χ4v) is 3.05. The van der Waals surface area contributed by atoms with Gasteiger partial charge in [-0.05, 0) is 38.0 Å². The van der Waals surface area contributed by atoms with Gasteiger partial charge >= 0.3 is 0 Å². The largest absolute Gasteiger partial charge is 0.451 e. The van der Waals surface area contributed by atoms with Crippen molar-refractivity contribution < 1.29 is 9.21 Å². The zero-order valence-corrected chi connectivity index (χ0v) is 12.1. The Morgan fingerprint density at radius 2 is 2.35 bits per heavy atom. The lowest BCUT2D eigenvalue weighted by Gasteiger charge is -2.22. The second-order valence-electron chi connectivity index (χ2n) is 5.23. The molecular weight excluding hydrogens is 276 g/mol. The highest BCUT2D eigenvalue weighted by molar-refractivity contribution is 6.31. The van der Waals surface area contributed by atoms with Gasteiger partial charge in [-0.25, -0.2) is 0 Å². The summed E-state index contributed by atoms with van der Waals surface area (Å²) in [6.45, 7) is 3.14. The second kappa shape index (κ2) is 5.11. The van der Waals surface area contributed by atoms with Crippen molar-refractivity contribution in [1.82, 2.24) is 4.90 Å². The summed E-state index contributed by atoms with van der Waals surface area (Å²) < 4.78 is 5.73. The minimum atomic E-state index is -0.0669. The zero-order chi connectivity index (χ0) is 14.3. The number of halogens is 1. The van der Waals surface area contributed by atoms with Gasteiger partial charge in [-0.1, -0.05) is 11.6 Å². The van der Waals surface area contributed by atoms with E-state index < -0.39 is 0 Å². The lowest BCUT2D eigenvalue weighted by molar-refractivity contribution is 0.0710. The normalized spacial score (nSPS) is 18.9. The van der Waals surface area contributed by atoms with Crippen LogP contribution in [0.15, 0.2) is 22.6 Å². The van der Waals surface area contributed by atoms with Gasteiger partial charge in [-0.2, -0.15) is 0 Å². The highest BCUT2D eigenvalue weighted by Crippen LogP contribution is 2.30. The Hall–Kier alpha value is -1.52. The van der Waals surface area contributed by atoms with Gasteiger partial charge in [0.15, 0.2) is 5.76 Å². The highest BCUT2D eigenvalue weighted by atomic mass is 35.5. The summed E-state index contributed by atoms with van der Waals surface area (Å²) in [6.07, 6.45) is 1.96. The van der Waals surface area contributed by atoms with Gasteiger partial charge in [0.1, 0.15) is 5.58 Å². The standard InChI is InChI=1S/C15H17ClN2O2/c1-9-12-7-10(16)4-5-13(12)20-14(9)15(19)18-6-2-3-11(18)8-17/h4-5,7,11H,2-3,6,8,17H2,1H3/t11-/m1/s1. The molecule has 0 unspecified atom stereocenters. The lowest BCUT2D eigenvalue weighted by atomic mass is 10.1. The lowest BCUT2D eigenvalue weighted by Crippen LogP contribution is -2.40. The summed E-state index contributed by atoms with van der Waals surface area (Å²) in [5.74, 6) is 0.338. The van der Waals surface area contributed by atoms with E-state index in [0.717, 1.165) is 30.3 Å². The average molecular weight is 293 g/mol. The van der Waals surface area contributed by atoms with Crippen molar-refractivity contribution in [3.63, 3.8) is 0 Å². The molecule has 1 aliphatic heterocycles.